The van der Waals surface area contributed by atoms with Crippen LogP contribution in [0.2, 0.25) is 0 Å². The van der Waals surface area contributed by atoms with Crippen LogP contribution in [0.4, 0.5) is 5.69 Å². The number of nitrogen functional groups attached to an aromatic ring is 1. The van der Waals surface area contributed by atoms with Gasteiger partial charge in [-0.2, -0.15) is 5.26 Å². The molecule has 3 nitrogen and oxygen atoms in total. The molecule has 0 aromatic heterocycles. The van der Waals surface area contributed by atoms with E-state index in [2.05, 4.69) is 23.1 Å². The molecule has 0 spiro atoms. The SMILES string of the molecule is N#CCCN(CCc1ccc(N)cc1)C1CC1. The van der Waals surface area contributed by atoms with Gasteiger partial charge in [0.15, 0.2) is 0 Å². The third-order valence-electron chi connectivity index (χ3n) is 3.24. The summed E-state index contributed by atoms with van der Waals surface area (Å²) in [6.45, 7) is 1.96. The monoisotopic (exact) mass is 229 g/mol. The van der Waals surface area contributed by atoms with Crippen molar-refractivity contribution in [3.63, 3.8) is 0 Å². The maximum Gasteiger partial charge on any atom is 0.0635 e. The highest BCUT2D eigenvalue weighted by atomic mass is 15.2. The van der Waals surface area contributed by atoms with Crippen LogP contribution < -0.4 is 5.73 Å². The molecule has 1 aromatic carbocycles. The van der Waals surface area contributed by atoms with Gasteiger partial charge < -0.3 is 5.73 Å². The van der Waals surface area contributed by atoms with Crippen LogP contribution in [0.3, 0.4) is 0 Å². The number of rotatable bonds is 6. The van der Waals surface area contributed by atoms with E-state index >= 15 is 0 Å². The molecule has 1 aliphatic carbocycles. The number of anilines is 1. The topological polar surface area (TPSA) is 53.0 Å². The van der Waals surface area contributed by atoms with E-state index in [0.717, 1.165) is 31.2 Å². The van der Waals surface area contributed by atoms with E-state index in [0.29, 0.717) is 6.42 Å². The molecule has 3 heteroatoms. The zero-order chi connectivity index (χ0) is 12.1. The molecule has 1 aromatic rings. The number of nitrogens with zero attached hydrogens (tertiary/aromatic N) is 2. The van der Waals surface area contributed by atoms with Crippen LogP contribution in [0, 0.1) is 11.3 Å². The maximum absolute atomic E-state index is 8.64. The Kier molecular flexibility index (Phi) is 4.00. The van der Waals surface area contributed by atoms with Gasteiger partial charge in [0, 0.05) is 31.2 Å². The molecule has 1 aliphatic rings. The van der Waals surface area contributed by atoms with Crippen LogP contribution >= 0.6 is 0 Å². The first-order valence-electron chi connectivity index (χ1n) is 6.25. The number of nitriles is 1. The van der Waals surface area contributed by atoms with Crippen molar-refractivity contribution in [1.82, 2.24) is 4.90 Å². The first-order chi connectivity index (χ1) is 8.29. The highest BCUT2D eigenvalue weighted by molar-refractivity contribution is 5.39. The Morgan fingerprint density at radius 2 is 1.94 bits per heavy atom. The van der Waals surface area contributed by atoms with Gasteiger partial charge in [0.1, 0.15) is 0 Å². The van der Waals surface area contributed by atoms with Gasteiger partial charge in [-0.3, -0.25) is 4.90 Å². The van der Waals surface area contributed by atoms with Gasteiger partial charge in [-0.1, -0.05) is 12.1 Å². The first-order valence-corrected chi connectivity index (χ1v) is 6.25. The Morgan fingerprint density at radius 3 is 2.53 bits per heavy atom. The van der Waals surface area contributed by atoms with Gasteiger partial charge in [0.05, 0.1) is 6.07 Å². The predicted octanol–water partition coefficient (Wildman–Crippen LogP) is 2.19. The van der Waals surface area contributed by atoms with Crippen molar-refractivity contribution in [1.29, 1.82) is 5.26 Å². The molecule has 17 heavy (non-hydrogen) atoms. The fraction of sp³-hybridized carbons (Fsp3) is 0.500. The van der Waals surface area contributed by atoms with Crippen molar-refractivity contribution in [3.05, 3.63) is 29.8 Å². The Bertz CT molecular complexity index is 387. The Labute approximate surface area is 103 Å². The minimum atomic E-state index is 0.637. The quantitative estimate of drug-likeness (QED) is 0.761. The zero-order valence-corrected chi connectivity index (χ0v) is 10.1. The summed E-state index contributed by atoms with van der Waals surface area (Å²) in [7, 11) is 0. The predicted molar refractivity (Wildman–Crippen MR) is 69.4 cm³/mol. The average Bonchev–Trinajstić information content (AvgIpc) is 3.16. The largest absolute Gasteiger partial charge is 0.399 e. The number of nitrogens with two attached hydrogens (primary N) is 1. The van der Waals surface area contributed by atoms with Crippen LogP contribution in [0.15, 0.2) is 24.3 Å². The molecule has 0 atom stereocenters. The molecule has 2 N–H and O–H groups in total. The van der Waals surface area contributed by atoms with E-state index < -0.39 is 0 Å². The highest BCUT2D eigenvalue weighted by Crippen LogP contribution is 2.27. The molecule has 2 rings (SSSR count). The molecule has 1 saturated carbocycles. The number of hydrogen-bond donors (Lipinski definition) is 1. The van der Waals surface area contributed by atoms with Crippen LogP contribution in [0.1, 0.15) is 24.8 Å². The highest BCUT2D eigenvalue weighted by Gasteiger charge is 2.27. The molecule has 0 saturated heterocycles. The minimum Gasteiger partial charge on any atom is -0.399 e. The van der Waals surface area contributed by atoms with Crippen LogP contribution in [-0.2, 0) is 6.42 Å². The third kappa shape index (κ3) is 3.76. The fourth-order valence-electron chi connectivity index (χ4n) is 2.07. The third-order valence-corrected chi connectivity index (χ3v) is 3.24. The lowest BCUT2D eigenvalue weighted by molar-refractivity contribution is 0.273. The lowest BCUT2D eigenvalue weighted by atomic mass is 10.1. The standard InChI is InChI=1S/C14H19N3/c15-9-1-10-17(14-6-7-14)11-8-12-2-4-13(16)5-3-12/h2-5,14H,1,6-8,10-11,16H2. The summed E-state index contributed by atoms with van der Waals surface area (Å²) in [5.41, 5.74) is 7.80. The summed E-state index contributed by atoms with van der Waals surface area (Å²) < 4.78 is 0. The van der Waals surface area contributed by atoms with E-state index in [1.807, 2.05) is 12.1 Å². The molecule has 0 aliphatic heterocycles. The average molecular weight is 229 g/mol. The van der Waals surface area contributed by atoms with Crippen molar-refractivity contribution >= 4 is 5.69 Å². The summed E-state index contributed by atoms with van der Waals surface area (Å²) in [4.78, 5) is 2.44. The molecule has 0 bridgehead atoms. The minimum absolute atomic E-state index is 0.637. The number of benzene rings is 1. The summed E-state index contributed by atoms with van der Waals surface area (Å²) in [6, 6.07) is 11.0. The zero-order valence-electron chi connectivity index (χ0n) is 10.1. The van der Waals surface area contributed by atoms with Gasteiger partial charge in [0.25, 0.3) is 0 Å². The van der Waals surface area contributed by atoms with E-state index in [1.165, 1.54) is 18.4 Å². The Hall–Kier alpha value is -1.53. The fourth-order valence-corrected chi connectivity index (χ4v) is 2.07. The first kappa shape index (κ1) is 11.9. The molecule has 90 valence electrons. The summed E-state index contributed by atoms with van der Waals surface area (Å²) in [6.07, 6.45) is 4.28. The molecule has 0 radical (unpaired) electrons. The summed E-state index contributed by atoms with van der Waals surface area (Å²) in [5, 5.41) is 8.64. The van der Waals surface area contributed by atoms with Gasteiger partial charge in [-0.25, -0.2) is 0 Å². The van der Waals surface area contributed by atoms with Crippen molar-refractivity contribution in [3.8, 4) is 6.07 Å². The van der Waals surface area contributed by atoms with E-state index in [1.54, 1.807) is 0 Å². The lowest BCUT2D eigenvalue weighted by Crippen LogP contribution is -2.29. The maximum atomic E-state index is 8.64. The van der Waals surface area contributed by atoms with Gasteiger partial charge >= 0.3 is 0 Å². The van der Waals surface area contributed by atoms with E-state index in [-0.39, 0.29) is 0 Å². The van der Waals surface area contributed by atoms with Crippen LogP contribution in [-0.4, -0.2) is 24.0 Å². The molecular weight excluding hydrogens is 210 g/mol. The van der Waals surface area contributed by atoms with E-state index in [4.69, 9.17) is 11.0 Å². The molecule has 1 fully saturated rings. The summed E-state index contributed by atoms with van der Waals surface area (Å²) >= 11 is 0. The van der Waals surface area contributed by atoms with Gasteiger partial charge in [-0.05, 0) is 37.0 Å². The van der Waals surface area contributed by atoms with Crippen molar-refractivity contribution in [2.45, 2.75) is 31.7 Å². The molecule has 0 amide bonds. The summed E-state index contributed by atoms with van der Waals surface area (Å²) in [5.74, 6) is 0. The van der Waals surface area contributed by atoms with Crippen molar-refractivity contribution in [2.75, 3.05) is 18.8 Å². The normalized spacial score (nSPS) is 14.8. The second kappa shape index (κ2) is 5.70. The Balaban J connectivity index is 1.82. The number of hydrogen-bond acceptors (Lipinski definition) is 3. The molecule has 0 unspecified atom stereocenters. The van der Waals surface area contributed by atoms with Gasteiger partial charge in [0.2, 0.25) is 0 Å². The van der Waals surface area contributed by atoms with Crippen LogP contribution in [0.25, 0.3) is 0 Å². The van der Waals surface area contributed by atoms with Crippen LogP contribution in [0.5, 0.6) is 0 Å². The van der Waals surface area contributed by atoms with Gasteiger partial charge in [-0.15, -0.1) is 0 Å². The molecular formula is C14H19N3. The molecule has 0 heterocycles. The lowest BCUT2D eigenvalue weighted by Gasteiger charge is -2.20. The second-order valence-corrected chi connectivity index (χ2v) is 4.67. The van der Waals surface area contributed by atoms with Crippen molar-refractivity contribution < 1.29 is 0 Å². The smallest absolute Gasteiger partial charge is 0.0635 e. The van der Waals surface area contributed by atoms with Crippen molar-refractivity contribution in [2.24, 2.45) is 0 Å². The Morgan fingerprint density at radius 1 is 1.24 bits per heavy atom. The second-order valence-electron chi connectivity index (χ2n) is 4.67. The van der Waals surface area contributed by atoms with E-state index in [9.17, 15) is 0 Å².